The summed E-state index contributed by atoms with van der Waals surface area (Å²) in [7, 11) is 0. The second-order valence-corrected chi connectivity index (χ2v) is 6.04. The van der Waals surface area contributed by atoms with Gasteiger partial charge in [0.05, 0.1) is 0 Å². The van der Waals surface area contributed by atoms with Crippen LogP contribution in [-0.4, -0.2) is 16.0 Å². The van der Waals surface area contributed by atoms with Crippen LogP contribution in [0.1, 0.15) is 24.5 Å². The van der Waals surface area contributed by atoms with Crippen LogP contribution in [0.2, 0.25) is 5.02 Å². The summed E-state index contributed by atoms with van der Waals surface area (Å²) in [6, 6.07) is 8.01. The third-order valence-electron chi connectivity index (χ3n) is 2.99. The Hall–Kier alpha value is -1.10. The lowest BCUT2D eigenvalue weighted by Crippen LogP contribution is -2.21. The van der Waals surface area contributed by atoms with Crippen LogP contribution in [0, 0.1) is 0 Å². The van der Waals surface area contributed by atoms with Crippen LogP contribution in [0.5, 0.6) is 0 Å². The summed E-state index contributed by atoms with van der Waals surface area (Å²) < 4.78 is 0. The van der Waals surface area contributed by atoms with Crippen molar-refractivity contribution >= 4 is 23.4 Å². The van der Waals surface area contributed by atoms with Gasteiger partial charge in [0, 0.05) is 29.2 Å². The van der Waals surface area contributed by atoms with E-state index in [4.69, 9.17) is 17.3 Å². The van der Waals surface area contributed by atoms with Crippen LogP contribution >= 0.6 is 23.4 Å². The Morgan fingerprint density at radius 3 is 2.40 bits per heavy atom. The maximum atomic E-state index is 5.92. The topological polar surface area (TPSA) is 51.8 Å². The van der Waals surface area contributed by atoms with Crippen LogP contribution in [0.3, 0.4) is 0 Å². The van der Waals surface area contributed by atoms with Gasteiger partial charge in [-0.25, -0.2) is 9.97 Å². The summed E-state index contributed by atoms with van der Waals surface area (Å²) in [4.78, 5) is 8.74. The van der Waals surface area contributed by atoms with Crippen LogP contribution < -0.4 is 5.73 Å². The smallest absolute Gasteiger partial charge is 0.187 e. The minimum Gasteiger partial charge on any atom is -0.327 e. The molecule has 2 N–H and O–H groups in total. The van der Waals surface area contributed by atoms with Gasteiger partial charge in [-0.2, -0.15) is 0 Å². The van der Waals surface area contributed by atoms with Crippen molar-refractivity contribution in [3.63, 3.8) is 0 Å². The third-order valence-corrected chi connectivity index (χ3v) is 4.18. The Morgan fingerprint density at radius 2 is 1.80 bits per heavy atom. The van der Waals surface area contributed by atoms with Gasteiger partial charge in [-0.3, -0.25) is 0 Å². The van der Waals surface area contributed by atoms with E-state index in [9.17, 15) is 0 Å². The minimum atomic E-state index is 0.186. The van der Waals surface area contributed by atoms with E-state index in [1.54, 1.807) is 11.8 Å². The second kappa shape index (κ2) is 7.62. The Kier molecular flexibility index (Phi) is 5.83. The molecule has 0 aliphatic heterocycles. The largest absolute Gasteiger partial charge is 0.327 e. The van der Waals surface area contributed by atoms with Gasteiger partial charge < -0.3 is 5.73 Å². The zero-order valence-corrected chi connectivity index (χ0v) is 13.0. The number of hydrogen-bond acceptors (Lipinski definition) is 4. The van der Waals surface area contributed by atoms with Crippen LogP contribution in [0.4, 0.5) is 0 Å². The van der Waals surface area contributed by atoms with E-state index in [1.165, 1.54) is 5.56 Å². The van der Waals surface area contributed by atoms with E-state index in [1.807, 2.05) is 36.7 Å². The molecule has 0 aliphatic rings. The monoisotopic (exact) mass is 307 g/mol. The standard InChI is InChI=1S/C15H18ClN3S/c1-2-14(17)7-12-8-18-15(19-9-12)20-10-11-3-5-13(16)6-4-11/h3-6,8-9,14H,2,7,10,17H2,1H3. The van der Waals surface area contributed by atoms with Crippen molar-refractivity contribution < 1.29 is 0 Å². The van der Waals surface area contributed by atoms with E-state index < -0.39 is 0 Å². The molecule has 0 spiro atoms. The lowest BCUT2D eigenvalue weighted by molar-refractivity contribution is 0.641. The first-order chi connectivity index (χ1) is 9.67. The average molecular weight is 308 g/mol. The molecule has 1 unspecified atom stereocenters. The first-order valence-corrected chi connectivity index (χ1v) is 7.97. The summed E-state index contributed by atoms with van der Waals surface area (Å²) in [6.07, 6.45) is 5.53. The summed E-state index contributed by atoms with van der Waals surface area (Å²) in [5.41, 5.74) is 8.22. The lowest BCUT2D eigenvalue weighted by atomic mass is 10.1. The third kappa shape index (κ3) is 4.78. The first-order valence-electron chi connectivity index (χ1n) is 6.61. The molecule has 0 amide bonds. The summed E-state index contributed by atoms with van der Waals surface area (Å²) in [5.74, 6) is 0.838. The first kappa shape index (κ1) is 15.3. The highest BCUT2D eigenvalue weighted by Gasteiger charge is 2.04. The zero-order valence-electron chi connectivity index (χ0n) is 11.4. The van der Waals surface area contributed by atoms with Gasteiger partial charge in [0.2, 0.25) is 0 Å². The molecular weight excluding hydrogens is 290 g/mol. The van der Waals surface area contributed by atoms with E-state index in [0.29, 0.717) is 0 Å². The van der Waals surface area contributed by atoms with E-state index in [2.05, 4.69) is 16.9 Å². The average Bonchev–Trinajstić information content (AvgIpc) is 2.48. The molecule has 106 valence electrons. The molecule has 1 heterocycles. The summed E-state index contributed by atoms with van der Waals surface area (Å²) in [6.45, 7) is 2.09. The van der Waals surface area contributed by atoms with Crippen LogP contribution in [0.25, 0.3) is 0 Å². The normalized spacial score (nSPS) is 12.3. The van der Waals surface area contributed by atoms with Gasteiger partial charge in [0.1, 0.15) is 0 Å². The van der Waals surface area contributed by atoms with Crippen LogP contribution in [-0.2, 0) is 12.2 Å². The predicted molar refractivity (Wildman–Crippen MR) is 85.0 cm³/mol. The molecule has 3 nitrogen and oxygen atoms in total. The molecule has 0 aliphatic carbocycles. The summed E-state index contributed by atoms with van der Waals surface area (Å²) >= 11 is 7.47. The van der Waals surface area contributed by atoms with Gasteiger partial charge in [-0.15, -0.1) is 0 Å². The molecule has 5 heteroatoms. The quantitative estimate of drug-likeness (QED) is 0.653. The van der Waals surface area contributed by atoms with E-state index in [0.717, 1.165) is 34.3 Å². The number of rotatable bonds is 6. The number of benzene rings is 1. The zero-order chi connectivity index (χ0) is 14.4. The Morgan fingerprint density at radius 1 is 1.15 bits per heavy atom. The fourth-order valence-electron chi connectivity index (χ4n) is 1.70. The van der Waals surface area contributed by atoms with Crippen molar-refractivity contribution in [2.24, 2.45) is 5.73 Å². The second-order valence-electron chi connectivity index (χ2n) is 4.66. The van der Waals surface area contributed by atoms with Crippen molar-refractivity contribution in [3.8, 4) is 0 Å². The van der Waals surface area contributed by atoms with E-state index >= 15 is 0 Å². The van der Waals surface area contributed by atoms with Crippen molar-refractivity contribution in [3.05, 3.63) is 52.8 Å². The van der Waals surface area contributed by atoms with Crippen molar-refractivity contribution in [2.75, 3.05) is 0 Å². The maximum Gasteiger partial charge on any atom is 0.187 e. The molecule has 0 saturated heterocycles. The van der Waals surface area contributed by atoms with Gasteiger partial charge in [-0.1, -0.05) is 42.4 Å². The van der Waals surface area contributed by atoms with Gasteiger partial charge >= 0.3 is 0 Å². The number of nitrogens with zero attached hydrogens (tertiary/aromatic N) is 2. The predicted octanol–water partition coefficient (Wildman–Crippen LogP) is 3.70. The number of halogens is 1. The van der Waals surface area contributed by atoms with Gasteiger partial charge in [0.25, 0.3) is 0 Å². The minimum absolute atomic E-state index is 0.186. The lowest BCUT2D eigenvalue weighted by Gasteiger charge is -2.08. The molecular formula is C15H18ClN3S. The Bertz CT molecular complexity index is 528. The SMILES string of the molecule is CCC(N)Cc1cnc(SCc2ccc(Cl)cc2)nc1. The number of hydrogen-bond donors (Lipinski definition) is 1. The fraction of sp³-hybridized carbons (Fsp3) is 0.333. The van der Waals surface area contributed by atoms with Crippen LogP contribution in [0.15, 0.2) is 41.8 Å². The molecule has 0 bridgehead atoms. The molecule has 2 aromatic rings. The molecule has 0 saturated carbocycles. The molecule has 0 radical (unpaired) electrons. The molecule has 1 atom stereocenters. The van der Waals surface area contributed by atoms with Gasteiger partial charge in [0.15, 0.2) is 5.16 Å². The molecule has 1 aromatic heterocycles. The molecule has 2 rings (SSSR count). The Labute approximate surface area is 129 Å². The Balaban J connectivity index is 1.89. The summed E-state index contributed by atoms with van der Waals surface area (Å²) in [5, 5.41) is 1.54. The molecule has 20 heavy (non-hydrogen) atoms. The highest BCUT2D eigenvalue weighted by Crippen LogP contribution is 2.20. The highest BCUT2D eigenvalue weighted by atomic mass is 35.5. The number of thioether (sulfide) groups is 1. The number of aromatic nitrogens is 2. The van der Waals surface area contributed by atoms with Crippen molar-refractivity contribution in [2.45, 2.75) is 36.7 Å². The molecule has 1 aromatic carbocycles. The highest BCUT2D eigenvalue weighted by molar-refractivity contribution is 7.98. The van der Waals surface area contributed by atoms with E-state index in [-0.39, 0.29) is 6.04 Å². The maximum absolute atomic E-state index is 5.92. The number of nitrogens with two attached hydrogens (primary N) is 1. The van der Waals surface area contributed by atoms with Crippen molar-refractivity contribution in [1.29, 1.82) is 0 Å². The van der Waals surface area contributed by atoms with Crippen molar-refractivity contribution in [1.82, 2.24) is 9.97 Å². The molecule has 0 fully saturated rings. The fourth-order valence-corrected chi connectivity index (χ4v) is 2.57. The van der Waals surface area contributed by atoms with Gasteiger partial charge in [-0.05, 0) is 36.1 Å².